The summed E-state index contributed by atoms with van der Waals surface area (Å²) in [6, 6.07) is 13.9. The summed E-state index contributed by atoms with van der Waals surface area (Å²) in [6.45, 7) is 2.29. The van der Waals surface area contributed by atoms with Gasteiger partial charge in [0.1, 0.15) is 5.82 Å². The first-order valence-corrected chi connectivity index (χ1v) is 11.6. The molecule has 2 atom stereocenters. The number of aromatic amines is 1. The minimum atomic E-state index is 0.627. The van der Waals surface area contributed by atoms with E-state index in [4.69, 9.17) is 4.98 Å². The maximum absolute atomic E-state index is 4.72. The highest BCUT2D eigenvalue weighted by Gasteiger charge is 2.41. The number of hydrogen-bond donors (Lipinski definition) is 1. The van der Waals surface area contributed by atoms with Gasteiger partial charge in [-0.25, -0.2) is 4.98 Å². The standard InChI is InChI=1S/C27H30N2/c1-17-7-13-22(26-23-14-12-21(23)15-24(17)26)18-8-10-19(11-9-18)25-16-28-27(29-25)20-5-3-2-4-6-20/h7-11,13,16,20-21,23H,2-6,12,14-15H2,1H3,(H,28,29). The molecule has 3 aromatic rings. The quantitative estimate of drug-likeness (QED) is 0.512. The average molecular weight is 383 g/mol. The number of fused-ring (bicyclic) bond motifs is 3. The highest BCUT2D eigenvalue weighted by atomic mass is 14.9. The van der Waals surface area contributed by atoms with Crippen molar-refractivity contribution in [3.63, 3.8) is 0 Å². The molecule has 2 nitrogen and oxygen atoms in total. The number of aromatic nitrogens is 2. The number of benzene rings is 2. The second-order valence-corrected chi connectivity index (χ2v) is 9.56. The van der Waals surface area contributed by atoms with Crippen molar-refractivity contribution in [2.24, 2.45) is 5.92 Å². The van der Waals surface area contributed by atoms with Gasteiger partial charge in [0, 0.05) is 5.92 Å². The van der Waals surface area contributed by atoms with Crippen LogP contribution in [0.4, 0.5) is 0 Å². The topological polar surface area (TPSA) is 28.7 Å². The van der Waals surface area contributed by atoms with Gasteiger partial charge >= 0.3 is 0 Å². The molecule has 2 unspecified atom stereocenters. The highest BCUT2D eigenvalue weighted by molar-refractivity contribution is 5.74. The third-order valence-electron chi connectivity index (χ3n) is 7.94. The normalized spacial score (nSPS) is 23.5. The summed E-state index contributed by atoms with van der Waals surface area (Å²) in [7, 11) is 0. The van der Waals surface area contributed by atoms with E-state index in [0.29, 0.717) is 5.92 Å². The summed E-state index contributed by atoms with van der Waals surface area (Å²) in [4.78, 5) is 8.34. The first-order valence-electron chi connectivity index (χ1n) is 11.6. The van der Waals surface area contributed by atoms with Gasteiger partial charge in [0.15, 0.2) is 0 Å². The molecular formula is C27H30N2. The molecule has 0 radical (unpaired) electrons. The van der Waals surface area contributed by atoms with Gasteiger partial charge in [-0.1, -0.05) is 55.7 Å². The number of hydrogen-bond acceptors (Lipinski definition) is 1. The Morgan fingerprint density at radius 2 is 1.66 bits per heavy atom. The van der Waals surface area contributed by atoms with Gasteiger partial charge in [-0.2, -0.15) is 0 Å². The van der Waals surface area contributed by atoms with Crippen molar-refractivity contribution < 1.29 is 0 Å². The van der Waals surface area contributed by atoms with Crippen LogP contribution in [0.1, 0.15) is 79.3 Å². The zero-order chi connectivity index (χ0) is 19.4. The van der Waals surface area contributed by atoms with Gasteiger partial charge in [0.05, 0.1) is 11.9 Å². The average Bonchev–Trinajstić information content (AvgIpc) is 3.33. The molecule has 29 heavy (non-hydrogen) atoms. The number of nitrogens with zero attached hydrogens (tertiary/aromatic N) is 1. The molecule has 3 aliphatic rings. The largest absolute Gasteiger partial charge is 0.342 e. The predicted octanol–water partition coefficient (Wildman–Crippen LogP) is 7.15. The molecule has 1 N–H and O–H groups in total. The molecule has 2 fully saturated rings. The van der Waals surface area contributed by atoms with Gasteiger partial charge in [-0.15, -0.1) is 0 Å². The van der Waals surface area contributed by atoms with E-state index >= 15 is 0 Å². The number of aryl methyl sites for hydroxylation is 1. The van der Waals surface area contributed by atoms with E-state index in [1.54, 1.807) is 11.1 Å². The van der Waals surface area contributed by atoms with E-state index in [0.717, 1.165) is 17.5 Å². The number of rotatable bonds is 3. The molecule has 0 saturated heterocycles. The summed E-state index contributed by atoms with van der Waals surface area (Å²) >= 11 is 0. The van der Waals surface area contributed by atoms with E-state index in [1.165, 1.54) is 79.4 Å². The molecule has 1 aromatic heterocycles. The fourth-order valence-corrected chi connectivity index (χ4v) is 6.07. The predicted molar refractivity (Wildman–Crippen MR) is 119 cm³/mol. The lowest BCUT2D eigenvalue weighted by Crippen LogP contribution is -2.19. The van der Waals surface area contributed by atoms with Crippen LogP contribution in [0.25, 0.3) is 22.4 Å². The number of H-pyrrole nitrogens is 1. The van der Waals surface area contributed by atoms with Gasteiger partial charge in [0.25, 0.3) is 0 Å². The van der Waals surface area contributed by atoms with E-state index < -0.39 is 0 Å². The lowest BCUT2D eigenvalue weighted by Gasteiger charge is -2.31. The molecule has 0 aliphatic heterocycles. The van der Waals surface area contributed by atoms with Crippen molar-refractivity contribution in [3.05, 3.63) is 65.1 Å². The second kappa shape index (κ2) is 6.86. The lowest BCUT2D eigenvalue weighted by atomic mass is 9.73. The van der Waals surface area contributed by atoms with Crippen molar-refractivity contribution >= 4 is 0 Å². The molecule has 2 heteroatoms. The minimum Gasteiger partial charge on any atom is -0.342 e. The summed E-state index contributed by atoms with van der Waals surface area (Å²) in [5, 5.41) is 0. The molecule has 0 spiro atoms. The Bertz CT molecular complexity index is 1040. The van der Waals surface area contributed by atoms with Crippen LogP contribution in [-0.4, -0.2) is 9.97 Å². The lowest BCUT2D eigenvalue weighted by molar-refractivity contribution is 0.281. The van der Waals surface area contributed by atoms with Crippen LogP contribution in [0.3, 0.4) is 0 Å². The summed E-state index contributed by atoms with van der Waals surface area (Å²) in [6.07, 6.45) is 12.8. The third kappa shape index (κ3) is 2.87. The molecule has 0 amide bonds. The summed E-state index contributed by atoms with van der Waals surface area (Å²) < 4.78 is 0. The molecule has 2 aromatic carbocycles. The van der Waals surface area contributed by atoms with Gasteiger partial charge in [-0.3, -0.25) is 0 Å². The highest BCUT2D eigenvalue weighted by Crippen LogP contribution is 2.54. The van der Waals surface area contributed by atoms with Crippen molar-refractivity contribution in [1.82, 2.24) is 9.97 Å². The van der Waals surface area contributed by atoms with Crippen molar-refractivity contribution in [2.75, 3.05) is 0 Å². The van der Waals surface area contributed by atoms with Crippen molar-refractivity contribution in [2.45, 2.75) is 70.1 Å². The van der Waals surface area contributed by atoms with Crippen LogP contribution in [0.15, 0.2) is 42.6 Å². The van der Waals surface area contributed by atoms with Crippen molar-refractivity contribution in [1.29, 1.82) is 0 Å². The number of nitrogens with one attached hydrogen (secondary N) is 1. The molecule has 1 heterocycles. The Hall–Kier alpha value is -2.35. The third-order valence-corrected chi connectivity index (χ3v) is 7.94. The Morgan fingerprint density at radius 1 is 0.862 bits per heavy atom. The van der Waals surface area contributed by atoms with Crippen LogP contribution in [0.2, 0.25) is 0 Å². The van der Waals surface area contributed by atoms with E-state index in [2.05, 4.69) is 48.3 Å². The van der Waals surface area contributed by atoms with Crippen LogP contribution in [-0.2, 0) is 6.42 Å². The molecular weight excluding hydrogens is 352 g/mol. The summed E-state index contributed by atoms with van der Waals surface area (Å²) in [5.41, 5.74) is 10.0. The maximum atomic E-state index is 4.72. The first kappa shape index (κ1) is 17.5. The minimum absolute atomic E-state index is 0.627. The van der Waals surface area contributed by atoms with E-state index in [-0.39, 0.29) is 0 Å². The second-order valence-electron chi connectivity index (χ2n) is 9.56. The monoisotopic (exact) mass is 382 g/mol. The Kier molecular flexibility index (Phi) is 4.14. The first-order chi connectivity index (χ1) is 14.3. The summed E-state index contributed by atoms with van der Waals surface area (Å²) in [5.74, 6) is 3.54. The fourth-order valence-electron chi connectivity index (χ4n) is 6.07. The van der Waals surface area contributed by atoms with Crippen LogP contribution in [0.5, 0.6) is 0 Å². The van der Waals surface area contributed by atoms with Crippen LogP contribution < -0.4 is 0 Å². The van der Waals surface area contributed by atoms with Gasteiger partial charge in [0.2, 0.25) is 0 Å². The van der Waals surface area contributed by atoms with Crippen LogP contribution in [0, 0.1) is 12.8 Å². The van der Waals surface area contributed by atoms with Gasteiger partial charge < -0.3 is 4.98 Å². The molecule has 3 aliphatic carbocycles. The van der Waals surface area contributed by atoms with Gasteiger partial charge in [-0.05, 0) is 84.2 Å². The van der Waals surface area contributed by atoms with Crippen LogP contribution >= 0.6 is 0 Å². The Morgan fingerprint density at radius 3 is 2.41 bits per heavy atom. The maximum Gasteiger partial charge on any atom is 0.109 e. The van der Waals surface area contributed by atoms with E-state index in [9.17, 15) is 0 Å². The Labute approximate surface area is 173 Å². The van der Waals surface area contributed by atoms with Crippen molar-refractivity contribution in [3.8, 4) is 22.4 Å². The molecule has 2 saturated carbocycles. The zero-order valence-corrected chi connectivity index (χ0v) is 17.4. The zero-order valence-electron chi connectivity index (χ0n) is 17.4. The molecule has 148 valence electrons. The Balaban J connectivity index is 1.30. The molecule has 0 bridgehead atoms. The molecule has 6 rings (SSSR count). The fraction of sp³-hybridized carbons (Fsp3) is 0.444. The SMILES string of the molecule is Cc1ccc(-c2ccc(-c3cnc(C4CCCCC4)[nH]3)cc2)c2c1CC1CCC21. The number of imidazole rings is 1. The van der Waals surface area contributed by atoms with E-state index in [1.807, 2.05) is 6.20 Å². The smallest absolute Gasteiger partial charge is 0.109 e.